The van der Waals surface area contributed by atoms with Crippen LogP contribution < -0.4 is 5.73 Å². The normalized spacial score (nSPS) is 10.5. The Morgan fingerprint density at radius 2 is 2.20 bits per heavy atom. The molecule has 0 saturated heterocycles. The molecule has 0 aliphatic heterocycles. The second-order valence-corrected chi connectivity index (χ2v) is 4.29. The summed E-state index contributed by atoms with van der Waals surface area (Å²) in [6.45, 7) is 1.97. The Hall–Kier alpha value is -1.49. The predicted molar refractivity (Wildman–Crippen MR) is 60.7 cm³/mol. The molecule has 0 atom stereocenters. The van der Waals surface area contributed by atoms with Gasteiger partial charge >= 0.3 is 0 Å². The van der Waals surface area contributed by atoms with Crippen LogP contribution in [0.3, 0.4) is 0 Å². The highest BCUT2D eigenvalue weighted by molar-refractivity contribution is 7.99. The molecule has 0 bridgehead atoms. The number of hydrogen-bond donors (Lipinski definition) is 1. The van der Waals surface area contributed by atoms with E-state index < -0.39 is 0 Å². The monoisotopic (exact) mass is 220 g/mol. The molecule has 2 N–H and O–H groups in total. The summed E-state index contributed by atoms with van der Waals surface area (Å²) in [5, 5.41) is 1.84. The first-order chi connectivity index (χ1) is 7.16. The lowest BCUT2D eigenvalue weighted by Gasteiger charge is -2.03. The summed E-state index contributed by atoms with van der Waals surface area (Å²) in [7, 11) is 1.96. The molecular formula is C10H12N4S. The molecule has 0 amide bonds. The van der Waals surface area contributed by atoms with Crippen molar-refractivity contribution in [2.75, 3.05) is 5.73 Å². The molecule has 2 heterocycles. The molecule has 2 rings (SSSR count). The maximum absolute atomic E-state index is 5.70. The summed E-state index contributed by atoms with van der Waals surface area (Å²) in [6, 6.07) is 1.97. The second-order valence-electron chi connectivity index (χ2n) is 3.30. The summed E-state index contributed by atoms with van der Waals surface area (Å²) in [5.41, 5.74) is 7.46. The molecule has 0 aliphatic carbocycles. The predicted octanol–water partition coefficient (Wildman–Crippen LogP) is 1.86. The molecule has 0 aromatic carbocycles. The van der Waals surface area contributed by atoms with Crippen LogP contribution in [0.15, 0.2) is 34.8 Å². The van der Waals surface area contributed by atoms with Gasteiger partial charge in [0.1, 0.15) is 5.03 Å². The van der Waals surface area contributed by atoms with Gasteiger partial charge in [-0.25, -0.2) is 9.97 Å². The number of pyridine rings is 1. The Labute approximate surface area is 92.5 Å². The maximum atomic E-state index is 5.70. The number of aryl methyl sites for hydroxylation is 2. The van der Waals surface area contributed by atoms with Gasteiger partial charge in [0.25, 0.3) is 0 Å². The Balaban J connectivity index is 2.25. The van der Waals surface area contributed by atoms with Crippen LogP contribution in [0.5, 0.6) is 0 Å². The number of aromatic nitrogens is 3. The van der Waals surface area contributed by atoms with Crippen molar-refractivity contribution < 1.29 is 0 Å². The van der Waals surface area contributed by atoms with Crippen molar-refractivity contribution in [1.29, 1.82) is 0 Å². The first-order valence-electron chi connectivity index (χ1n) is 4.54. The lowest BCUT2D eigenvalue weighted by Crippen LogP contribution is -1.93. The highest BCUT2D eigenvalue weighted by Gasteiger charge is 2.04. The lowest BCUT2D eigenvalue weighted by molar-refractivity contribution is 0.788. The number of nitrogens with zero attached hydrogens (tertiary/aromatic N) is 3. The number of anilines is 1. The number of hydrogen-bond acceptors (Lipinski definition) is 4. The number of nitrogen functional groups attached to an aromatic ring is 1. The van der Waals surface area contributed by atoms with Gasteiger partial charge < -0.3 is 10.3 Å². The molecule has 2 aromatic rings. The van der Waals surface area contributed by atoms with E-state index in [1.54, 1.807) is 12.4 Å². The molecule has 0 saturated carbocycles. The zero-order chi connectivity index (χ0) is 10.8. The van der Waals surface area contributed by atoms with Crippen molar-refractivity contribution in [2.45, 2.75) is 17.1 Å². The zero-order valence-corrected chi connectivity index (χ0v) is 9.45. The molecule has 0 spiro atoms. The van der Waals surface area contributed by atoms with Gasteiger partial charge in [-0.3, -0.25) is 0 Å². The minimum atomic E-state index is 0.721. The summed E-state index contributed by atoms with van der Waals surface area (Å²) in [5.74, 6) is 0. The molecule has 0 radical (unpaired) electrons. The van der Waals surface area contributed by atoms with E-state index in [4.69, 9.17) is 5.73 Å². The van der Waals surface area contributed by atoms with E-state index in [0.717, 1.165) is 21.4 Å². The average molecular weight is 220 g/mol. The van der Waals surface area contributed by atoms with Crippen LogP contribution in [0.4, 0.5) is 5.69 Å². The van der Waals surface area contributed by atoms with Gasteiger partial charge in [-0.05, 0) is 30.3 Å². The molecule has 2 aromatic heterocycles. The minimum absolute atomic E-state index is 0.721. The molecular weight excluding hydrogens is 208 g/mol. The van der Waals surface area contributed by atoms with Crippen molar-refractivity contribution in [3.05, 3.63) is 30.2 Å². The molecule has 78 valence electrons. The Kier molecular flexibility index (Phi) is 2.64. The van der Waals surface area contributed by atoms with Crippen LogP contribution in [-0.4, -0.2) is 14.5 Å². The molecule has 0 aliphatic rings. The summed E-state index contributed by atoms with van der Waals surface area (Å²) in [6.07, 6.45) is 5.36. The van der Waals surface area contributed by atoms with Crippen molar-refractivity contribution in [1.82, 2.24) is 14.5 Å². The third-order valence-corrected chi connectivity index (χ3v) is 3.11. The second kappa shape index (κ2) is 3.94. The van der Waals surface area contributed by atoms with Gasteiger partial charge in [-0.15, -0.1) is 0 Å². The number of imidazole rings is 1. The fraction of sp³-hybridized carbons (Fsp3) is 0.200. The largest absolute Gasteiger partial charge is 0.397 e. The standard InChI is InChI=1S/C10H12N4S/c1-7-5-9(13-6-8(7)11)15-10-12-3-4-14(10)2/h3-6H,11H2,1-2H3. The highest BCUT2D eigenvalue weighted by Crippen LogP contribution is 2.25. The van der Waals surface area contributed by atoms with E-state index in [9.17, 15) is 0 Å². The van der Waals surface area contributed by atoms with Gasteiger partial charge in [-0.2, -0.15) is 0 Å². The summed E-state index contributed by atoms with van der Waals surface area (Å²) >= 11 is 1.53. The van der Waals surface area contributed by atoms with Crippen molar-refractivity contribution in [3.63, 3.8) is 0 Å². The van der Waals surface area contributed by atoms with Crippen molar-refractivity contribution >= 4 is 17.4 Å². The Morgan fingerprint density at radius 1 is 1.40 bits per heavy atom. The SMILES string of the molecule is Cc1cc(Sc2nccn2C)ncc1N. The van der Waals surface area contributed by atoms with E-state index >= 15 is 0 Å². The topological polar surface area (TPSA) is 56.7 Å². The van der Waals surface area contributed by atoms with E-state index in [2.05, 4.69) is 9.97 Å². The van der Waals surface area contributed by atoms with Crippen LogP contribution in [0.25, 0.3) is 0 Å². The van der Waals surface area contributed by atoms with Gasteiger partial charge in [0.15, 0.2) is 5.16 Å². The van der Waals surface area contributed by atoms with Gasteiger partial charge in [0.05, 0.1) is 11.9 Å². The van der Waals surface area contributed by atoms with Crippen LogP contribution in [0.1, 0.15) is 5.56 Å². The molecule has 0 fully saturated rings. The quantitative estimate of drug-likeness (QED) is 0.839. The van der Waals surface area contributed by atoms with Gasteiger partial charge in [0.2, 0.25) is 0 Å². The first kappa shape index (κ1) is 10.0. The van der Waals surface area contributed by atoms with E-state index in [-0.39, 0.29) is 0 Å². The smallest absolute Gasteiger partial charge is 0.174 e. The van der Waals surface area contributed by atoms with Crippen molar-refractivity contribution in [3.8, 4) is 0 Å². The van der Waals surface area contributed by atoms with Gasteiger partial charge in [0, 0.05) is 19.4 Å². The Bertz CT molecular complexity index is 478. The lowest BCUT2D eigenvalue weighted by atomic mass is 10.3. The third-order valence-electron chi connectivity index (χ3n) is 2.10. The number of nitrogens with two attached hydrogens (primary N) is 1. The molecule has 0 unspecified atom stereocenters. The Morgan fingerprint density at radius 3 is 2.80 bits per heavy atom. The fourth-order valence-corrected chi connectivity index (χ4v) is 1.99. The summed E-state index contributed by atoms with van der Waals surface area (Å²) in [4.78, 5) is 8.46. The van der Waals surface area contributed by atoms with Crippen LogP contribution in [0, 0.1) is 6.92 Å². The van der Waals surface area contributed by atoms with Crippen LogP contribution >= 0.6 is 11.8 Å². The van der Waals surface area contributed by atoms with Crippen LogP contribution in [-0.2, 0) is 7.05 Å². The maximum Gasteiger partial charge on any atom is 0.174 e. The van der Waals surface area contributed by atoms with Crippen LogP contribution in [0.2, 0.25) is 0 Å². The highest BCUT2D eigenvalue weighted by atomic mass is 32.2. The molecule has 4 nitrogen and oxygen atoms in total. The molecule has 5 heteroatoms. The average Bonchev–Trinajstić information content (AvgIpc) is 2.59. The van der Waals surface area contributed by atoms with Crippen molar-refractivity contribution in [2.24, 2.45) is 7.05 Å². The van der Waals surface area contributed by atoms with Gasteiger partial charge in [-0.1, -0.05) is 0 Å². The summed E-state index contributed by atoms with van der Waals surface area (Å²) < 4.78 is 1.96. The first-order valence-corrected chi connectivity index (χ1v) is 5.36. The third kappa shape index (κ3) is 2.12. The fourth-order valence-electron chi connectivity index (χ4n) is 1.14. The minimum Gasteiger partial charge on any atom is -0.397 e. The van der Waals surface area contributed by atoms with E-state index in [1.165, 1.54) is 11.8 Å². The number of rotatable bonds is 2. The van der Waals surface area contributed by atoms with E-state index in [0.29, 0.717) is 0 Å². The zero-order valence-electron chi connectivity index (χ0n) is 8.64. The molecule has 15 heavy (non-hydrogen) atoms. The van der Waals surface area contributed by atoms with E-state index in [1.807, 2.05) is 30.8 Å².